The first-order valence-electron chi connectivity index (χ1n) is 6.79. The lowest BCUT2D eigenvalue weighted by Crippen LogP contribution is -2.18. The van der Waals surface area contributed by atoms with Crippen molar-refractivity contribution in [3.63, 3.8) is 0 Å². The van der Waals surface area contributed by atoms with Gasteiger partial charge in [0.2, 0.25) is 0 Å². The highest BCUT2D eigenvalue weighted by Crippen LogP contribution is 2.24. The molecule has 6 heteroatoms. The smallest absolute Gasteiger partial charge is 0.190 e. The Morgan fingerprint density at radius 3 is 2.48 bits per heavy atom. The van der Waals surface area contributed by atoms with Gasteiger partial charge < -0.3 is 10.5 Å². The zero-order valence-electron chi connectivity index (χ0n) is 12.1. The van der Waals surface area contributed by atoms with E-state index >= 15 is 0 Å². The maximum atomic E-state index is 13.9. The first-order chi connectivity index (χ1) is 9.95. The number of aryl methyl sites for hydroxylation is 1. The second kappa shape index (κ2) is 6.67. The largest absolute Gasteiger partial charge is 0.487 e. The molecule has 1 heterocycles. The SMILES string of the molecule is CC(N)Cc1cc(F)c(OCCc2cnn(C)c2)c(F)c1. The lowest BCUT2D eigenvalue weighted by Gasteiger charge is -2.11. The van der Waals surface area contributed by atoms with Crippen molar-refractivity contribution in [3.8, 4) is 5.75 Å². The Kier molecular flexibility index (Phi) is 4.90. The number of nitrogens with zero attached hydrogens (tertiary/aromatic N) is 2. The minimum atomic E-state index is -0.697. The summed E-state index contributed by atoms with van der Waals surface area (Å²) in [5.74, 6) is -1.74. The van der Waals surface area contributed by atoms with E-state index in [4.69, 9.17) is 10.5 Å². The summed E-state index contributed by atoms with van der Waals surface area (Å²) in [5.41, 5.74) is 7.10. The molecule has 0 saturated heterocycles. The summed E-state index contributed by atoms with van der Waals surface area (Å²) >= 11 is 0. The molecule has 2 N–H and O–H groups in total. The molecule has 114 valence electrons. The second-order valence-corrected chi connectivity index (χ2v) is 5.19. The van der Waals surface area contributed by atoms with Gasteiger partial charge in [-0.1, -0.05) is 0 Å². The minimum absolute atomic E-state index is 0.152. The number of nitrogens with two attached hydrogens (primary N) is 1. The molecule has 0 fully saturated rings. The molecule has 4 nitrogen and oxygen atoms in total. The van der Waals surface area contributed by atoms with Gasteiger partial charge in [0.1, 0.15) is 0 Å². The molecule has 1 aromatic heterocycles. The normalized spacial score (nSPS) is 12.4. The van der Waals surface area contributed by atoms with E-state index in [1.54, 1.807) is 24.9 Å². The van der Waals surface area contributed by atoms with Crippen LogP contribution in [0.1, 0.15) is 18.1 Å². The molecule has 2 aromatic rings. The molecule has 0 aliphatic rings. The number of halogens is 2. The zero-order chi connectivity index (χ0) is 15.4. The first kappa shape index (κ1) is 15.4. The van der Waals surface area contributed by atoms with Crippen molar-refractivity contribution in [2.45, 2.75) is 25.8 Å². The summed E-state index contributed by atoms with van der Waals surface area (Å²) in [7, 11) is 1.81. The Hall–Kier alpha value is -1.95. The lowest BCUT2D eigenvalue weighted by atomic mass is 10.1. The van der Waals surface area contributed by atoms with Crippen LogP contribution in [0.2, 0.25) is 0 Å². The van der Waals surface area contributed by atoms with Crippen LogP contribution in [0.15, 0.2) is 24.5 Å². The third-order valence-electron chi connectivity index (χ3n) is 3.01. The molecule has 0 amide bonds. The fraction of sp³-hybridized carbons (Fsp3) is 0.400. The van der Waals surface area contributed by atoms with Gasteiger partial charge in [-0.05, 0) is 36.6 Å². The molecular weight excluding hydrogens is 276 g/mol. The Bertz CT molecular complexity index is 588. The van der Waals surface area contributed by atoms with Gasteiger partial charge in [0.15, 0.2) is 17.4 Å². The molecular formula is C15H19F2N3O. The summed E-state index contributed by atoms with van der Waals surface area (Å²) in [6, 6.07) is 2.39. The van der Waals surface area contributed by atoms with Gasteiger partial charge in [0.05, 0.1) is 12.8 Å². The van der Waals surface area contributed by atoms with Crippen molar-refractivity contribution < 1.29 is 13.5 Å². The Morgan fingerprint density at radius 2 is 1.95 bits per heavy atom. The number of hydrogen-bond acceptors (Lipinski definition) is 3. The van der Waals surface area contributed by atoms with Crippen molar-refractivity contribution in [3.05, 3.63) is 47.3 Å². The van der Waals surface area contributed by atoms with Crippen LogP contribution < -0.4 is 10.5 Å². The maximum absolute atomic E-state index is 13.9. The number of rotatable bonds is 6. The summed E-state index contributed by atoms with van der Waals surface area (Å²) in [5, 5.41) is 4.02. The first-order valence-corrected chi connectivity index (χ1v) is 6.79. The van der Waals surface area contributed by atoms with E-state index in [9.17, 15) is 8.78 Å². The molecule has 1 aromatic carbocycles. The molecule has 0 saturated carbocycles. The second-order valence-electron chi connectivity index (χ2n) is 5.19. The highest BCUT2D eigenvalue weighted by Gasteiger charge is 2.13. The number of benzene rings is 1. The molecule has 0 spiro atoms. The van der Waals surface area contributed by atoms with E-state index < -0.39 is 11.6 Å². The van der Waals surface area contributed by atoms with E-state index in [1.807, 2.05) is 6.20 Å². The quantitative estimate of drug-likeness (QED) is 0.889. The van der Waals surface area contributed by atoms with Crippen LogP contribution in [0, 0.1) is 11.6 Å². The fourth-order valence-corrected chi connectivity index (χ4v) is 2.11. The molecule has 0 radical (unpaired) electrons. The van der Waals surface area contributed by atoms with Gasteiger partial charge in [-0.15, -0.1) is 0 Å². The molecule has 0 bridgehead atoms. The summed E-state index contributed by atoms with van der Waals surface area (Å²) in [6.07, 6.45) is 4.49. The van der Waals surface area contributed by atoms with E-state index in [1.165, 1.54) is 12.1 Å². The average Bonchev–Trinajstić information content (AvgIpc) is 2.77. The molecule has 1 unspecified atom stereocenters. The van der Waals surface area contributed by atoms with Gasteiger partial charge in [0.25, 0.3) is 0 Å². The average molecular weight is 295 g/mol. The van der Waals surface area contributed by atoms with Crippen LogP contribution >= 0.6 is 0 Å². The van der Waals surface area contributed by atoms with Crippen molar-refractivity contribution in [2.24, 2.45) is 12.8 Å². The number of hydrogen-bond donors (Lipinski definition) is 1. The maximum Gasteiger partial charge on any atom is 0.190 e. The Labute approximate surface area is 122 Å². The van der Waals surface area contributed by atoms with Crippen LogP contribution in [-0.4, -0.2) is 22.4 Å². The van der Waals surface area contributed by atoms with Crippen molar-refractivity contribution in [2.75, 3.05) is 6.61 Å². The van der Waals surface area contributed by atoms with Gasteiger partial charge in [-0.25, -0.2) is 8.78 Å². The number of aromatic nitrogens is 2. The third kappa shape index (κ3) is 4.26. The topological polar surface area (TPSA) is 53.1 Å². The highest BCUT2D eigenvalue weighted by atomic mass is 19.1. The summed E-state index contributed by atoms with van der Waals surface area (Å²) in [6.45, 7) is 1.97. The van der Waals surface area contributed by atoms with Crippen LogP contribution in [-0.2, 0) is 19.9 Å². The summed E-state index contributed by atoms with van der Waals surface area (Å²) < 4.78 is 34.6. The highest BCUT2D eigenvalue weighted by molar-refractivity contribution is 5.31. The van der Waals surface area contributed by atoms with Crippen LogP contribution in [0.4, 0.5) is 8.78 Å². The van der Waals surface area contributed by atoms with Crippen LogP contribution in [0.25, 0.3) is 0 Å². The van der Waals surface area contributed by atoms with Gasteiger partial charge in [-0.2, -0.15) is 5.10 Å². The predicted molar refractivity (Wildman–Crippen MR) is 76.1 cm³/mol. The van der Waals surface area contributed by atoms with Crippen LogP contribution in [0.5, 0.6) is 5.75 Å². The van der Waals surface area contributed by atoms with E-state index in [0.717, 1.165) is 5.56 Å². The molecule has 0 aliphatic carbocycles. The molecule has 2 rings (SSSR count). The van der Waals surface area contributed by atoms with E-state index in [-0.39, 0.29) is 18.4 Å². The van der Waals surface area contributed by atoms with E-state index in [0.29, 0.717) is 18.4 Å². The Balaban J connectivity index is 1.99. The standard InChI is InChI=1S/C15H19F2N3O/c1-10(18)5-12-6-13(16)15(14(17)7-12)21-4-3-11-8-19-20(2)9-11/h6-10H,3-5,18H2,1-2H3. The minimum Gasteiger partial charge on any atom is -0.487 e. The monoisotopic (exact) mass is 295 g/mol. The lowest BCUT2D eigenvalue weighted by molar-refractivity contribution is 0.288. The zero-order valence-corrected chi connectivity index (χ0v) is 12.1. The van der Waals surface area contributed by atoms with Crippen LogP contribution in [0.3, 0.4) is 0 Å². The molecule has 0 aliphatic heterocycles. The van der Waals surface area contributed by atoms with Gasteiger partial charge in [-0.3, -0.25) is 4.68 Å². The van der Waals surface area contributed by atoms with Crippen molar-refractivity contribution in [1.29, 1.82) is 0 Å². The van der Waals surface area contributed by atoms with E-state index in [2.05, 4.69) is 5.10 Å². The number of ether oxygens (including phenoxy) is 1. The molecule has 1 atom stereocenters. The van der Waals surface area contributed by atoms with Crippen molar-refractivity contribution in [1.82, 2.24) is 9.78 Å². The predicted octanol–water partition coefficient (Wildman–Crippen LogP) is 2.21. The summed E-state index contributed by atoms with van der Waals surface area (Å²) in [4.78, 5) is 0. The van der Waals surface area contributed by atoms with Gasteiger partial charge in [0, 0.05) is 25.7 Å². The fourth-order valence-electron chi connectivity index (χ4n) is 2.11. The molecule has 21 heavy (non-hydrogen) atoms. The van der Waals surface area contributed by atoms with Gasteiger partial charge >= 0.3 is 0 Å². The Morgan fingerprint density at radius 1 is 1.29 bits per heavy atom. The van der Waals surface area contributed by atoms with Crippen molar-refractivity contribution >= 4 is 0 Å². The third-order valence-corrected chi connectivity index (χ3v) is 3.01.